The van der Waals surface area contributed by atoms with Crippen molar-refractivity contribution in [1.82, 2.24) is 0 Å². The summed E-state index contributed by atoms with van der Waals surface area (Å²) in [4.78, 5) is 17.3. The molecule has 20 heavy (non-hydrogen) atoms. The first kappa shape index (κ1) is 14.8. The lowest BCUT2D eigenvalue weighted by molar-refractivity contribution is 0.455. The summed E-state index contributed by atoms with van der Waals surface area (Å²) in [5.41, 5.74) is 3.30. The Kier molecular flexibility index (Phi) is 4.29. The van der Waals surface area contributed by atoms with Gasteiger partial charge in [0.25, 0.3) is 0 Å². The number of benzene rings is 1. The highest BCUT2D eigenvalue weighted by Gasteiger charge is 2.38. The van der Waals surface area contributed by atoms with Crippen molar-refractivity contribution >= 4 is 11.8 Å². The summed E-state index contributed by atoms with van der Waals surface area (Å²) < 4.78 is 0. The van der Waals surface area contributed by atoms with Gasteiger partial charge in [-0.2, -0.15) is 4.99 Å². The molecule has 1 aromatic carbocycles. The molecule has 0 atom stereocenters. The maximum atomic E-state index is 10.9. The Morgan fingerprint density at radius 1 is 1.25 bits per heavy atom. The Labute approximate surface area is 121 Å². The number of rotatable bonds is 4. The zero-order chi connectivity index (χ0) is 14.8. The molecule has 1 aliphatic rings. The van der Waals surface area contributed by atoms with E-state index in [1.807, 2.05) is 20.2 Å². The van der Waals surface area contributed by atoms with Crippen LogP contribution in [0.25, 0.3) is 0 Å². The first-order valence-corrected chi connectivity index (χ1v) is 7.41. The van der Waals surface area contributed by atoms with Gasteiger partial charge in [0.1, 0.15) is 5.54 Å². The number of carbonyl (C=O) groups excluding carboxylic acids is 1. The lowest BCUT2D eigenvalue weighted by atomic mass is 9.85. The van der Waals surface area contributed by atoms with Crippen LogP contribution in [0.15, 0.2) is 23.2 Å². The summed E-state index contributed by atoms with van der Waals surface area (Å²) in [5.74, 6) is 0.476. The molecule has 3 heteroatoms. The van der Waals surface area contributed by atoms with E-state index in [1.54, 1.807) is 0 Å². The second-order valence-corrected chi connectivity index (χ2v) is 6.27. The lowest BCUT2D eigenvalue weighted by Crippen LogP contribution is -2.24. The molecule has 108 valence electrons. The standard InChI is InChI=1S/C17H24N2O/c1-13(2)14-7-8-16(19(3)4)15(11-14)17(18-12-20)9-5-6-10-17/h7-8,11,13H,5-6,9-10H2,1-4H3. The SMILES string of the molecule is CC(C)c1ccc(N(C)C)c(C2(N=C=O)CCCC2)c1. The van der Waals surface area contributed by atoms with E-state index in [1.165, 1.54) is 11.1 Å². The molecule has 0 aromatic heterocycles. The number of anilines is 1. The molecule has 1 aromatic rings. The Morgan fingerprint density at radius 2 is 1.90 bits per heavy atom. The highest BCUT2D eigenvalue weighted by Crippen LogP contribution is 2.46. The summed E-state index contributed by atoms with van der Waals surface area (Å²) in [7, 11) is 4.09. The van der Waals surface area contributed by atoms with E-state index in [0.717, 1.165) is 31.4 Å². The molecule has 0 radical (unpaired) electrons. The predicted octanol–water partition coefficient (Wildman–Crippen LogP) is 3.98. The fourth-order valence-corrected chi connectivity index (χ4v) is 3.16. The first-order chi connectivity index (χ1) is 9.50. The van der Waals surface area contributed by atoms with E-state index < -0.39 is 0 Å². The summed E-state index contributed by atoms with van der Waals surface area (Å²) >= 11 is 0. The lowest BCUT2D eigenvalue weighted by Gasteiger charge is -2.29. The van der Waals surface area contributed by atoms with Crippen LogP contribution in [0.1, 0.15) is 56.6 Å². The average Bonchev–Trinajstić information content (AvgIpc) is 2.88. The highest BCUT2D eigenvalue weighted by molar-refractivity contribution is 5.59. The highest BCUT2D eigenvalue weighted by atomic mass is 16.1. The smallest absolute Gasteiger partial charge is 0.235 e. The third-order valence-electron chi connectivity index (χ3n) is 4.36. The minimum atomic E-state index is -0.355. The van der Waals surface area contributed by atoms with Crippen molar-refractivity contribution in [3.05, 3.63) is 29.3 Å². The van der Waals surface area contributed by atoms with E-state index in [2.05, 4.69) is 41.9 Å². The van der Waals surface area contributed by atoms with Gasteiger partial charge in [0.15, 0.2) is 0 Å². The molecule has 0 bridgehead atoms. The normalized spacial score (nSPS) is 17.1. The van der Waals surface area contributed by atoms with E-state index in [4.69, 9.17) is 0 Å². The van der Waals surface area contributed by atoms with Crippen molar-refractivity contribution in [3.63, 3.8) is 0 Å². The van der Waals surface area contributed by atoms with E-state index in [0.29, 0.717) is 5.92 Å². The quantitative estimate of drug-likeness (QED) is 0.613. The Bertz CT molecular complexity index is 522. The van der Waals surface area contributed by atoms with Gasteiger partial charge in [-0.25, -0.2) is 4.79 Å². The van der Waals surface area contributed by atoms with Crippen LogP contribution in [0.4, 0.5) is 5.69 Å². The molecule has 2 rings (SSSR count). The molecular weight excluding hydrogens is 248 g/mol. The average molecular weight is 272 g/mol. The zero-order valence-corrected chi connectivity index (χ0v) is 12.9. The summed E-state index contributed by atoms with van der Waals surface area (Å²) in [6, 6.07) is 6.58. The van der Waals surface area contributed by atoms with Crippen LogP contribution in [0.2, 0.25) is 0 Å². The molecule has 1 saturated carbocycles. The van der Waals surface area contributed by atoms with Gasteiger partial charge in [0.2, 0.25) is 6.08 Å². The summed E-state index contributed by atoms with van der Waals surface area (Å²) in [6.07, 6.45) is 5.98. The van der Waals surface area contributed by atoms with Crippen LogP contribution in [0.5, 0.6) is 0 Å². The second-order valence-electron chi connectivity index (χ2n) is 6.27. The first-order valence-electron chi connectivity index (χ1n) is 7.41. The molecule has 0 N–H and O–H groups in total. The molecule has 0 saturated heterocycles. The van der Waals surface area contributed by atoms with Crippen molar-refractivity contribution in [2.75, 3.05) is 19.0 Å². The number of hydrogen-bond acceptors (Lipinski definition) is 3. The minimum Gasteiger partial charge on any atom is -0.377 e. The number of isocyanates is 1. The van der Waals surface area contributed by atoms with Gasteiger partial charge in [0.05, 0.1) is 0 Å². The molecule has 0 amide bonds. The van der Waals surface area contributed by atoms with Gasteiger partial charge >= 0.3 is 0 Å². The van der Waals surface area contributed by atoms with E-state index in [-0.39, 0.29) is 5.54 Å². The van der Waals surface area contributed by atoms with Crippen LogP contribution in [-0.2, 0) is 10.3 Å². The third kappa shape index (κ3) is 2.64. The molecule has 0 unspecified atom stereocenters. The molecule has 0 spiro atoms. The van der Waals surface area contributed by atoms with Crippen molar-refractivity contribution in [2.24, 2.45) is 4.99 Å². The van der Waals surface area contributed by atoms with Crippen LogP contribution >= 0.6 is 0 Å². The maximum Gasteiger partial charge on any atom is 0.235 e. The Morgan fingerprint density at radius 3 is 2.40 bits per heavy atom. The van der Waals surface area contributed by atoms with E-state index in [9.17, 15) is 4.79 Å². The van der Waals surface area contributed by atoms with Crippen LogP contribution in [0.3, 0.4) is 0 Å². The zero-order valence-electron chi connectivity index (χ0n) is 12.9. The molecule has 3 nitrogen and oxygen atoms in total. The van der Waals surface area contributed by atoms with Gasteiger partial charge in [-0.3, -0.25) is 0 Å². The Balaban J connectivity index is 2.61. The number of hydrogen-bond donors (Lipinski definition) is 0. The van der Waals surface area contributed by atoms with Gasteiger partial charge in [0, 0.05) is 25.3 Å². The second kappa shape index (κ2) is 5.80. The van der Waals surface area contributed by atoms with E-state index >= 15 is 0 Å². The van der Waals surface area contributed by atoms with Crippen LogP contribution in [0, 0.1) is 0 Å². The third-order valence-corrected chi connectivity index (χ3v) is 4.36. The van der Waals surface area contributed by atoms with Crippen molar-refractivity contribution in [2.45, 2.75) is 51.0 Å². The topological polar surface area (TPSA) is 32.7 Å². The summed E-state index contributed by atoms with van der Waals surface area (Å²) in [5, 5.41) is 0. The molecule has 1 fully saturated rings. The van der Waals surface area contributed by atoms with Gasteiger partial charge in [-0.1, -0.05) is 38.8 Å². The number of nitrogens with zero attached hydrogens (tertiary/aromatic N) is 2. The van der Waals surface area contributed by atoms with Gasteiger partial charge < -0.3 is 4.90 Å². The molecular formula is C17H24N2O. The molecule has 0 aliphatic heterocycles. The largest absolute Gasteiger partial charge is 0.377 e. The van der Waals surface area contributed by atoms with Gasteiger partial charge in [-0.05, 0) is 30.4 Å². The van der Waals surface area contributed by atoms with Crippen molar-refractivity contribution < 1.29 is 4.79 Å². The van der Waals surface area contributed by atoms with Crippen molar-refractivity contribution in [3.8, 4) is 0 Å². The molecule has 0 heterocycles. The van der Waals surface area contributed by atoms with Crippen LogP contribution < -0.4 is 4.90 Å². The fourth-order valence-electron chi connectivity index (χ4n) is 3.16. The monoisotopic (exact) mass is 272 g/mol. The molecule has 1 aliphatic carbocycles. The summed E-state index contributed by atoms with van der Waals surface area (Å²) in [6.45, 7) is 4.39. The Hall–Kier alpha value is -1.60. The number of aliphatic imine (C=N–C) groups is 1. The van der Waals surface area contributed by atoms with Crippen LogP contribution in [-0.4, -0.2) is 20.2 Å². The minimum absolute atomic E-state index is 0.355. The predicted molar refractivity (Wildman–Crippen MR) is 83.1 cm³/mol. The van der Waals surface area contributed by atoms with Gasteiger partial charge in [-0.15, -0.1) is 0 Å². The maximum absolute atomic E-state index is 10.9. The fraction of sp³-hybridized carbons (Fsp3) is 0.588. The van der Waals surface area contributed by atoms with Crippen molar-refractivity contribution in [1.29, 1.82) is 0 Å².